The first-order valence-electron chi connectivity index (χ1n) is 12.5. The van der Waals surface area contributed by atoms with Crippen LogP contribution in [0.4, 0.5) is 0 Å². The molecule has 4 nitrogen and oxygen atoms in total. The predicted molar refractivity (Wildman–Crippen MR) is 132 cm³/mol. The maximum atomic E-state index is 12.6. The smallest absolute Gasteiger partial charge is 0.271 e. The zero-order chi connectivity index (χ0) is 23.0. The van der Waals surface area contributed by atoms with Crippen LogP contribution in [0.5, 0.6) is 5.75 Å². The van der Waals surface area contributed by atoms with Gasteiger partial charge in [0, 0.05) is 11.3 Å². The van der Waals surface area contributed by atoms with Gasteiger partial charge in [0.1, 0.15) is 12.4 Å². The van der Waals surface area contributed by atoms with Crippen molar-refractivity contribution >= 4 is 11.6 Å². The zero-order valence-corrected chi connectivity index (χ0v) is 20.2. The van der Waals surface area contributed by atoms with E-state index in [4.69, 9.17) is 4.74 Å². The summed E-state index contributed by atoms with van der Waals surface area (Å²) in [6.07, 6.45) is 9.50. The third-order valence-electron chi connectivity index (χ3n) is 8.15. The van der Waals surface area contributed by atoms with E-state index in [0.717, 1.165) is 52.3 Å². The number of nitrogens with zero attached hydrogens (tertiary/aromatic N) is 1. The number of hydrazone groups is 1. The van der Waals surface area contributed by atoms with Crippen molar-refractivity contribution < 1.29 is 9.53 Å². The molecule has 0 heterocycles. The van der Waals surface area contributed by atoms with Crippen molar-refractivity contribution in [3.05, 3.63) is 64.7 Å². The van der Waals surface area contributed by atoms with Crippen LogP contribution in [0.25, 0.3) is 0 Å². The molecule has 0 atom stereocenters. The zero-order valence-electron chi connectivity index (χ0n) is 20.2. The van der Waals surface area contributed by atoms with E-state index in [1.165, 1.54) is 38.5 Å². The van der Waals surface area contributed by atoms with Crippen LogP contribution in [0, 0.1) is 37.0 Å². The predicted octanol–water partition coefficient (Wildman–Crippen LogP) is 6.59. The van der Waals surface area contributed by atoms with E-state index in [2.05, 4.69) is 43.4 Å². The average molecular weight is 445 g/mol. The van der Waals surface area contributed by atoms with E-state index in [0.29, 0.717) is 17.6 Å². The summed E-state index contributed by atoms with van der Waals surface area (Å²) < 4.78 is 6.03. The molecule has 174 valence electrons. The first-order valence-corrected chi connectivity index (χ1v) is 12.5. The molecule has 33 heavy (non-hydrogen) atoms. The average Bonchev–Trinajstić information content (AvgIpc) is 2.76. The summed E-state index contributed by atoms with van der Waals surface area (Å²) in [5, 5.41) is 4.49. The summed E-state index contributed by atoms with van der Waals surface area (Å²) in [6, 6.07) is 13.8. The molecule has 1 amide bonds. The number of hydrogen-bond donors (Lipinski definition) is 1. The van der Waals surface area contributed by atoms with Crippen LogP contribution in [0.1, 0.15) is 78.9 Å². The number of aryl methyl sites for hydroxylation is 2. The molecule has 0 aliphatic heterocycles. The monoisotopic (exact) mass is 444 g/mol. The van der Waals surface area contributed by atoms with Gasteiger partial charge in [-0.2, -0.15) is 5.10 Å². The van der Waals surface area contributed by atoms with Crippen LogP contribution in [0.2, 0.25) is 0 Å². The lowest BCUT2D eigenvalue weighted by Gasteiger charge is -2.57. The number of carbonyl (C=O) groups excluding carboxylic acids is 1. The lowest BCUT2D eigenvalue weighted by Crippen LogP contribution is -2.46. The van der Waals surface area contributed by atoms with Crippen molar-refractivity contribution in [2.75, 3.05) is 0 Å². The molecule has 0 radical (unpaired) electrons. The van der Waals surface area contributed by atoms with Gasteiger partial charge in [-0.25, -0.2) is 5.43 Å². The third-order valence-corrected chi connectivity index (χ3v) is 8.15. The van der Waals surface area contributed by atoms with Crippen molar-refractivity contribution in [1.82, 2.24) is 5.43 Å². The summed E-state index contributed by atoms with van der Waals surface area (Å²) in [5.41, 5.74) is 8.22. The molecule has 1 N–H and O–H groups in total. The normalized spacial score (nSPS) is 28.1. The quantitative estimate of drug-likeness (QED) is 0.387. The van der Waals surface area contributed by atoms with Crippen molar-refractivity contribution in [2.24, 2.45) is 28.3 Å². The minimum absolute atomic E-state index is 0.151. The number of carbonyl (C=O) groups is 1. The first-order chi connectivity index (χ1) is 15.9. The molecule has 4 heteroatoms. The van der Waals surface area contributed by atoms with Gasteiger partial charge in [-0.05, 0) is 118 Å². The van der Waals surface area contributed by atoms with Crippen molar-refractivity contribution in [1.29, 1.82) is 0 Å². The molecule has 4 fully saturated rings. The van der Waals surface area contributed by atoms with Gasteiger partial charge >= 0.3 is 0 Å². The molecule has 0 spiro atoms. The largest absolute Gasteiger partial charge is 0.488 e. The molecule has 4 aliphatic rings. The molecule has 0 aromatic heterocycles. The second-order valence-electron chi connectivity index (χ2n) is 11.1. The van der Waals surface area contributed by atoms with Crippen LogP contribution < -0.4 is 10.2 Å². The summed E-state index contributed by atoms with van der Waals surface area (Å²) in [4.78, 5) is 12.6. The number of benzene rings is 2. The number of amides is 1. The Kier molecular flexibility index (Phi) is 6.03. The number of hydrogen-bond acceptors (Lipinski definition) is 3. The number of para-hydroxylation sites is 1. The van der Waals surface area contributed by atoms with Gasteiger partial charge in [0.05, 0.1) is 0 Å². The van der Waals surface area contributed by atoms with Crippen LogP contribution in [-0.2, 0) is 6.61 Å². The van der Waals surface area contributed by atoms with E-state index in [9.17, 15) is 4.79 Å². The highest BCUT2D eigenvalue weighted by Gasteiger charge is 2.50. The highest BCUT2D eigenvalue weighted by molar-refractivity contribution is 5.95. The van der Waals surface area contributed by atoms with Crippen molar-refractivity contribution in [2.45, 2.75) is 72.3 Å². The first kappa shape index (κ1) is 22.2. The Morgan fingerprint density at radius 3 is 2.12 bits per heavy atom. The Balaban J connectivity index is 1.15. The molecular formula is C29H36N2O2. The van der Waals surface area contributed by atoms with Gasteiger partial charge in [0.25, 0.3) is 5.91 Å². The fourth-order valence-electron chi connectivity index (χ4n) is 7.23. The lowest BCUT2D eigenvalue weighted by atomic mass is 9.48. The van der Waals surface area contributed by atoms with E-state index < -0.39 is 0 Å². The minimum atomic E-state index is -0.151. The number of rotatable bonds is 7. The van der Waals surface area contributed by atoms with Gasteiger partial charge in [0.15, 0.2) is 0 Å². The molecule has 2 aromatic carbocycles. The van der Waals surface area contributed by atoms with Gasteiger partial charge in [0.2, 0.25) is 0 Å². The summed E-state index contributed by atoms with van der Waals surface area (Å²) >= 11 is 0. The van der Waals surface area contributed by atoms with Crippen LogP contribution in [-0.4, -0.2) is 11.6 Å². The third kappa shape index (κ3) is 4.85. The molecule has 0 unspecified atom stereocenters. The molecule has 6 rings (SSSR count). The van der Waals surface area contributed by atoms with Gasteiger partial charge in [-0.1, -0.05) is 30.3 Å². The molecule has 4 saturated carbocycles. The van der Waals surface area contributed by atoms with Gasteiger partial charge < -0.3 is 4.74 Å². The Morgan fingerprint density at radius 1 is 0.970 bits per heavy atom. The topological polar surface area (TPSA) is 50.7 Å². The Hall–Kier alpha value is -2.62. The molecule has 0 saturated heterocycles. The van der Waals surface area contributed by atoms with E-state index in [-0.39, 0.29) is 5.91 Å². The molecule has 4 aliphatic carbocycles. The summed E-state index contributed by atoms with van der Waals surface area (Å²) in [5.74, 6) is 3.60. The Labute approximate surface area is 197 Å². The highest BCUT2D eigenvalue weighted by Crippen LogP contribution is 2.61. The lowest BCUT2D eigenvalue weighted by molar-refractivity contribution is -0.0482. The van der Waals surface area contributed by atoms with Crippen LogP contribution in [0.3, 0.4) is 0 Å². The second-order valence-corrected chi connectivity index (χ2v) is 11.1. The Bertz CT molecular complexity index is 998. The standard InChI is InChI=1S/C29H36N2O2/c1-19-5-4-6-20(2)27(19)33-18-22-7-9-26(10-8-22)28(32)31-30-21(3)14-29-15-23-11-24(16-29)13-25(12-23)17-29/h4-10,23-25H,11-18H2,1-3H3,(H,31,32)/b30-21-. The maximum absolute atomic E-state index is 12.6. The van der Waals surface area contributed by atoms with Gasteiger partial charge in [-0.15, -0.1) is 0 Å². The fourth-order valence-corrected chi connectivity index (χ4v) is 7.23. The minimum Gasteiger partial charge on any atom is -0.488 e. The summed E-state index contributed by atoms with van der Waals surface area (Å²) in [6.45, 7) is 6.67. The number of nitrogens with one attached hydrogen (secondary N) is 1. The molecule has 4 bridgehead atoms. The van der Waals surface area contributed by atoms with E-state index >= 15 is 0 Å². The van der Waals surface area contributed by atoms with Crippen LogP contribution in [0.15, 0.2) is 47.6 Å². The molecule has 2 aromatic rings. The summed E-state index contributed by atoms with van der Waals surface area (Å²) in [7, 11) is 0. The maximum Gasteiger partial charge on any atom is 0.271 e. The van der Waals surface area contributed by atoms with Crippen LogP contribution >= 0.6 is 0 Å². The van der Waals surface area contributed by atoms with E-state index in [1.807, 2.05) is 30.3 Å². The van der Waals surface area contributed by atoms with Crippen molar-refractivity contribution in [3.63, 3.8) is 0 Å². The Morgan fingerprint density at radius 2 is 1.55 bits per heavy atom. The van der Waals surface area contributed by atoms with Gasteiger partial charge in [-0.3, -0.25) is 4.79 Å². The highest BCUT2D eigenvalue weighted by atomic mass is 16.5. The number of ether oxygens (including phenoxy) is 1. The second kappa shape index (κ2) is 8.96. The van der Waals surface area contributed by atoms with Crippen molar-refractivity contribution in [3.8, 4) is 5.75 Å². The molecular weight excluding hydrogens is 408 g/mol. The SMILES string of the molecule is C/C(CC12CC3CC(CC(C3)C1)C2)=N/NC(=O)c1ccc(COc2c(C)cccc2C)cc1. The van der Waals surface area contributed by atoms with E-state index in [1.54, 1.807) is 0 Å². The fraction of sp³-hybridized carbons (Fsp3) is 0.517.